The molecule has 1 aliphatic carbocycles. The Bertz CT molecular complexity index is 1410. The number of fused-ring (bicyclic) bond motifs is 3. The first-order valence-electron chi connectivity index (χ1n) is 14.9. The van der Waals surface area contributed by atoms with Crippen LogP contribution < -0.4 is 14.4 Å². The molecule has 10 heteroatoms. The second-order valence-corrected chi connectivity index (χ2v) is 14.0. The summed E-state index contributed by atoms with van der Waals surface area (Å²) in [7, 11) is -2.59. The highest BCUT2D eigenvalue weighted by Gasteiger charge is 2.38. The van der Waals surface area contributed by atoms with Crippen LogP contribution in [0.4, 0.5) is 5.69 Å². The molecule has 0 spiro atoms. The molecule has 8 nitrogen and oxygen atoms in total. The molecule has 1 fully saturated rings. The van der Waals surface area contributed by atoms with Crippen LogP contribution >= 0.6 is 11.6 Å². The van der Waals surface area contributed by atoms with E-state index in [4.69, 9.17) is 21.1 Å². The largest absolute Gasteiger partial charge is 0.487 e. The van der Waals surface area contributed by atoms with Gasteiger partial charge >= 0.3 is 0 Å². The van der Waals surface area contributed by atoms with E-state index in [0.29, 0.717) is 30.3 Å². The Hall–Kier alpha value is -2.59. The molecule has 2 heterocycles. The van der Waals surface area contributed by atoms with E-state index >= 15 is 0 Å². The van der Waals surface area contributed by atoms with E-state index in [1.54, 1.807) is 31.2 Å². The molecule has 5 atom stereocenters. The summed E-state index contributed by atoms with van der Waals surface area (Å²) in [5.74, 6) is 0.313. The third kappa shape index (κ3) is 6.80. The number of rotatable bonds is 2. The molecule has 0 radical (unpaired) electrons. The van der Waals surface area contributed by atoms with Gasteiger partial charge in [-0.1, -0.05) is 36.7 Å². The maximum atomic E-state index is 13.4. The number of amides is 1. The second-order valence-electron chi connectivity index (χ2n) is 11.6. The van der Waals surface area contributed by atoms with Crippen LogP contribution in [0.2, 0.25) is 5.02 Å². The molecular formula is C32H41ClN2O6S. The molecule has 2 N–H and O–H groups in total. The summed E-state index contributed by atoms with van der Waals surface area (Å²) in [5, 5.41) is 10.8. The van der Waals surface area contributed by atoms with Crippen LogP contribution in [-0.4, -0.2) is 57.1 Å². The van der Waals surface area contributed by atoms with Gasteiger partial charge in [-0.05, 0) is 98.2 Å². The number of aliphatic hydroxyl groups is 1. The highest BCUT2D eigenvalue weighted by molar-refractivity contribution is 7.90. The standard InChI is InChI=1S/C32H41ClN2O6S/c1-3-31-30(40-2)9-6-8-28(36)26-14-11-23(26)19-35-16-5-4-7-21-17-25(33)13-10-24(21)20-41-29-15-12-22(18-27(29)35)32(37)34-42(31,38)39/h6,8,10,12-13,15,17-18,23,26,28,30-31,36H,3-5,7,9,11,14,16,19-20H2,1-2H3,(H,34,37)/b8-6+/t23?,26?,28?,30-,31-/m1/s1. The number of anilines is 1. The van der Waals surface area contributed by atoms with Crippen molar-refractivity contribution in [2.45, 2.75) is 75.9 Å². The van der Waals surface area contributed by atoms with Gasteiger partial charge in [0.25, 0.3) is 5.91 Å². The van der Waals surface area contributed by atoms with Crippen molar-refractivity contribution in [3.8, 4) is 5.75 Å². The second kappa shape index (κ2) is 13.4. The zero-order valence-electron chi connectivity index (χ0n) is 24.3. The summed E-state index contributed by atoms with van der Waals surface area (Å²) in [6, 6.07) is 11.0. The van der Waals surface area contributed by atoms with E-state index in [2.05, 4.69) is 9.62 Å². The van der Waals surface area contributed by atoms with Gasteiger partial charge in [0.05, 0.1) is 17.9 Å². The molecule has 0 aromatic heterocycles. The predicted molar refractivity (Wildman–Crippen MR) is 165 cm³/mol. The molecule has 2 aliphatic heterocycles. The topological polar surface area (TPSA) is 105 Å². The van der Waals surface area contributed by atoms with Crippen molar-refractivity contribution in [3.05, 3.63) is 70.3 Å². The number of nitrogens with zero attached hydrogens (tertiary/aromatic N) is 1. The van der Waals surface area contributed by atoms with Crippen molar-refractivity contribution < 1.29 is 27.8 Å². The quantitative estimate of drug-likeness (QED) is 0.443. The van der Waals surface area contributed by atoms with Crippen LogP contribution in [0.5, 0.6) is 5.75 Å². The van der Waals surface area contributed by atoms with Gasteiger partial charge in [0, 0.05) is 30.8 Å². The fourth-order valence-electron chi connectivity index (χ4n) is 6.47. The number of aliphatic hydroxyl groups excluding tert-OH is 1. The Morgan fingerprint density at radius 2 is 1.98 bits per heavy atom. The highest BCUT2D eigenvalue weighted by Crippen LogP contribution is 2.41. The smallest absolute Gasteiger partial charge is 0.264 e. The van der Waals surface area contributed by atoms with Gasteiger partial charge in [0.1, 0.15) is 17.6 Å². The summed E-state index contributed by atoms with van der Waals surface area (Å²) < 4.78 is 41.0. The Morgan fingerprint density at radius 3 is 2.71 bits per heavy atom. The monoisotopic (exact) mass is 616 g/mol. The number of halogens is 1. The average molecular weight is 617 g/mol. The van der Waals surface area contributed by atoms with E-state index in [0.717, 1.165) is 55.5 Å². The van der Waals surface area contributed by atoms with Gasteiger partial charge < -0.3 is 19.5 Å². The fourth-order valence-corrected chi connectivity index (χ4v) is 8.26. The van der Waals surface area contributed by atoms with Crippen molar-refractivity contribution in [2.24, 2.45) is 11.8 Å². The molecule has 5 rings (SSSR count). The van der Waals surface area contributed by atoms with Crippen molar-refractivity contribution >= 4 is 33.2 Å². The number of hydrogen-bond donors (Lipinski definition) is 2. The van der Waals surface area contributed by atoms with E-state index in [1.165, 1.54) is 7.11 Å². The molecule has 3 aliphatic rings. The van der Waals surface area contributed by atoms with E-state index in [-0.39, 0.29) is 23.8 Å². The number of ether oxygens (including phenoxy) is 2. The minimum absolute atomic E-state index is 0.0984. The van der Waals surface area contributed by atoms with Gasteiger partial charge in [-0.15, -0.1) is 0 Å². The summed E-state index contributed by atoms with van der Waals surface area (Å²) in [5.41, 5.74) is 3.22. The predicted octanol–water partition coefficient (Wildman–Crippen LogP) is 5.26. The zero-order chi connectivity index (χ0) is 29.9. The zero-order valence-corrected chi connectivity index (χ0v) is 25.9. The van der Waals surface area contributed by atoms with E-state index < -0.39 is 33.4 Å². The van der Waals surface area contributed by atoms with Crippen molar-refractivity contribution in [1.82, 2.24) is 4.72 Å². The lowest BCUT2D eigenvalue weighted by Gasteiger charge is -2.42. The molecule has 1 amide bonds. The van der Waals surface area contributed by atoms with Crippen LogP contribution in [-0.2, 0) is 27.8 Å². The molecule has 2 aromatic carbocycles. The lowest BCUT2D eigenvalue weighted by molar-refractivity contribution is 0.0456. The number of sulfonamides is 1. The molecule has 228 valence electrons. The van der Waals surface area contributed by atoms with Crippen LogP contribution in [0.25, 0.3) is 0 Å². The lowest BCUT2D eigenvalue weighted by atomic mass is 9.70. The third-order valence-corrected chi connectivity index (χ3v) is 11.2. The number of methoxy groups -OCH3 is 1. The van der Waals surface area contributed by atoms with Crippen molar-refractivity contribution in [1.29, 1.82) is 0 Å². The number of benzene rings is 2. The number of nitrogens with one attached hydrogen (secondary N) is 1. The molecule has 3 unspecified atom stereocenters. The van der Waals surface area contributed by atoms with Crippen LogP contribution in [0.15, 0.2) is 48.6 Å². The third-order valence-electron chi connectivity index (χ3n) is 9.06. The highest BCUT2D eigenvalue weighted by atomic mass is 35.5. The minimum atomic E-state index is -4.06. The lowest BCUT2D eigenvalue weighted by Crippen LogP contribution is -2.45. The first-order chi connectivity index (χ1) is 20.2. The molecule has 2 bridgehead atoms. The van der Waals surface area contributed by atoms with E-state index in [9.17, 15) is 18.3 Å². The maximum Gasteiger partial charge on any atom is 0.264 e. The maximum absolute atomic E-state index is 13.4. The summed E-state index contributed by atoms with van der Waals surface area (Å²) >= 11 is 6.30. The van der Waals surface area contributed by atoms with Gasteiger partial charge in [0.15, 0.2) is 0 Å². The summed E-state index contributed by atoms with van der Waals surface area (Å²) in [6.45, 7) is 3.54. The SMILES string of the molecule is CC[C@@H]1[C@H](OC)C/C=C/C(O)C2CCC2CN2CCCCc3cc(Cl)ccc3COc3ccc(cc32)C(=O)NS1(=O)=O. The number of carbonyl (C=O) groups excluding carboxylic acids is 1. The Balaban J connectivity index is 1.55. The first kappa shape index (κ1) is 30.9. The molecule has 1 saturated carbocycles. The Labute approximate surface area is 254 Å². The normalized spacial score (nSPS) is 29.0. The molecular weight excluding hydrogens is 576 g/mol. The van der Waals surface area contributed by atoms with Gasteiger partial charge in [-0.2, -0.15) is 0 Å². The van der Waals surface area contributed by atoms with Crippen molar-refractivity contribution in [2.75, 3.05) is 25.1 Å². The average Bonchev–Trinajstić information content (AvgIpc) is 2.97. The van der Waals surface area contributed by atoms with Crippen LogP contribution in [0.1, 0.15) is 66.9 Å². The minimum Gasteiger partial charge on any atom is -0.487 e. The van der Waals surface area contributed by atoms with Crippen LogP contribution in [0.3, 0.4) is 0 Å². The number of hydrogen-bond acceptors (Lipinski definition) is 7. The fraction of sp³-hybridized carbons (Fsp3) is 0.531. The van der Waals surface area contributed by atoms with Crippen LogP contribution in [0, 0.1) is 11.8 Å². The summed E-state index contributed by atoms with van der Waals surface area (Å²) in [4.78, 5) is 15.7. The number of carbonyl (C=O) groups is 1. The van der Waals surface area contributed by atoms with E-state index in [1.807, 2.05) is 24.3 Å². The Kier molecular flexibility index (Phi) is 9.82. The molecule has 0 saturated heterocycles. The van der Waals surface area contributed by atoms with Gasteiger partial charge in [-0.3, -0.25) is 4.79 Å². The molecule has 2 aromatic rings. The van der Waals surface area contributed by atoms with Gasteiger partial charge in [0.2, 0.25) is 10.0 Å². The molecule has 42 heavy (non-hydrogen) atoms. The first-order valence-corrected chi connectivity index (χ1v) is 16.8. The van der Waals surface area contributed by atoms with Crippen molar-refractivity contribution in [3.63, 3.8) is 0 Å². The number of aryl methyl sites for hydroxylation is 1. The van der Waals surface area contributed by atoms with Gasteiger partial charge in [-0.25, -0.2) is 13.1 Å². The Morgan fingerprint density at radius 1 is 1.14 bits per heavy atom. The summed E-state index contributed by atoms with van der Waals surface area (Å²) in [6.07, 6.45) is 7.54.